The van der Waals surface area contributed by atoms with Crippen molar-refractivity contribution >= 4 is 11.9 Å². The van der Waals surface area contributed by atoms with Gasteiger partial charge >= 0.3 is 5.97 Å². The Morgan fingerprint density at radius 3 is 2.28 bits per heavy atom. The lowest BCUT2D eigenvalue weighted by molar-refractivity contribution is -0.143. The number of carboxylic acids is 1. The van der Waals surface area contributed by atoms with E-state index >= 15 is 0 Å². The van der Waals surface area contributed by atoms with E-state index in [2.05, 4.69) is 10.1 Å². The maximum atomic E-state index is 11.4. The molecule has 1 amide bonds. The van der Waals surface area contributed by atoms with Crippen LogP contribution in [0.1, 0.15) is 38.5 Å². The first kappa shape index (κ1) is 14.9. The maximum Gasteiger partial charge on any atom is 0.329 e. The summed E-state index contributed by atoms with van der Waals surface area (Å²) >= 11 is 0. The normalized spacial score (nSPS) is 18.9. The molecule has 0 atom stereocenters. The SMILES string of the molecule is O=C(O)COCC(=O)NCC1(O)CCCCCC1. The monoisotopic (exact) mass is 259 g/mol. The molecule has 1 saturated carbocycles. The van der Waals surface area contributed by atoms with Crippen molar-refractivity contribution in [3.63, 3.8) is 0 Å². The van der Waals surface area contributed by atoms with Crippen LogP contribution >= 0.6 is 0 Å². The van der Waals surface area contributed by atoms with Gasteiger partial charge in [-0.25, -0.2) is 4.79 Å². The number of carbonyl (C=O) groups is 2. The minimum Gasteiger partial charge on any atom is -0.480 e. The number of carbonyl (C=O) groups excluding carboxylic acids is 1. The molecule has 0 spiro atoms. The lowest BCUT2D eigenvalue weighted by Gasteiger charge is -2.26. The van der Waals surface area contributed by atoms with Crippen LogP contribution < -0.4 is 5.32 Å². The standard InChI is InChI=1S/C12H21NO5/c14-10(7-18-8-11(15)16)13-9-12(17)5-3-1-2-4-6-12/h17H,1-9H2,(H,13,14)(H,15,16). The van der Waals surface area contributed by atoms with Crippen LogP contribution in [0, 0.1) is 0 Å². The molecule has 1 aliphatic carbocycles. The second kappa shape index (κ2) is 7.33. The van der Waals surface area contributed by atoms with Gasteiger partial charge in [-0.15, -0.1) is 0 Å². The lowest BCUT2D eigenvalue weighted by Crippen LogP contribution is -2.43. The molecule has 1 rings (SSSR count). The van der Waals surface area contributed by atoms with Crippen molar-refractivity contribution in [1.82, 2.24) is 5.32 Å². The van der Waals surface area contributed by atoms with Crippen molar-refractivity contribution in [2.75, 3.05) is 19.8 Å². The largest absolute Gasteiger partial charge is 0.480 e. The minimum absolute atomic E-state index is 0.211. The van der Waals surface area contributed by atoms with Crippen LogP contribution in [-0.2, 0) is 14.3 Å². The van der Waals surface area contributed by atoms with Gasteiger partial charge in [-0.1, -0.05) is 25.7 Å². The van der Waals surface area contributed by atoms with Crippen molar-refractivity contribution in [2.45, 2.75) is 44.1 Å². The summed E-state index contributed by atoms with van der Waals surface area (Å²) in [5.41, 5.74) is -0.820. The van der Waals surface area contributed by atoms with Crippen molar-refractivity contribution in [3.05, 3.63) is 0 Å². The zero-order valence-corrected chi connectivity index (χ0v) is 10.5. The van der Waals surface area contributed by atoms with Crippen LogP contribution in [0.2, 0.25) is 0 Å². The first-order valence-corrected chi connectivity index (χ1v) is 6.30. The summed E-state index contributed by atoms with van der Waals surface area (Å²) in [6.45, 7) is -0.567. The first-order valence-electron chi connectivity index (χ1n) is 6.30. The molecular weight excluding hydrogens is 238 g/mol. The Labute approximate surface area is 106 Å². The fourth-order valence-electron chi connectivity index (χ4n) is 2.11. The van der Waals surface area contributed by atoms with Gasteiger partial charge in [0.05, 0.1) is 5.60 Å². The Morgan fingerprint density at radius 1 is 1.11 bits per heavy atom. The third kappa shape index (κ3) is 5.97. The topological polar surface area (TPSA) is 95.9 Å². The van der Waals surface area contributed by atoms with Crippen LogP contribution in [-0.4, -0.2) is 47.4 Å². The van der Waals surface area contributed by atoms with E-state index in [1.54, 1.807) is 0 Å². The predicted molar refractivity (Wildman–Crippen MR) is 64.1 cm³/mol. The average molecular weight is 259 g/mol. The molecule has 3 N–H and O–H groups in total. The smallest absolute Gasteiger partial charge is 0.329 e. The summed E-state index contributed by atoms with van der Waals surface area (Å²) in [7, 11) is 0. The van der Waals surface area contributed by atoms with Crippen LogP contribution in [0.15, 0.2) is 0 Å². The highest BCUT2D eigenvalue weighted by atomic mass is 16.5. The van der Waals surface area contributed by atoms with Gasteiger partial charge in [0, 0.05) is 6.54 Å². The molecule has 104 valence electrons. The van der Waals surface area contributed by atoms with Gasteiger partial charge in [-0.2, -0.15) is 0 Å². The number of carboxylic acid groups (broad SMARTS) is 1. The molecule has 0 aromatic rings. The highest BCUT2D eigenvalue weighted by molar-refractivity contribution is 5.77. The quantitative estimate of drug-likeness (QED) is 0.596. The van der Waals surface area contributed by atoms with Gasteiger partial charge in [0.2, 0.25) is 5.91 Å². The van der Waals surface area contributed by atoms with E-state index in [0.717, 1.165) is 25.7 Å². The number of aliphatic carboxylic acids is 1. The van der Waals surface area contributed by atoms with Gasteiger partial charge in [-0.05, 0) is 12.8 Å². The molecule has 6 heteroatoms. The van der Waals surface area contributed by atoms with Gasteiger partial charge < -0.3 is 20.3 Å². The highest BCUT2D eigenvalue weighted by Crippen LogP contribution is 2.26. The number of nitrogens with one attached hydrogen (secondary N) is 1. The van der Waals surface area contributed by atoms with Crippen molar-refractivity contribution in [2.24, 2.45) is 0 Å². The average Bonchev–Trinajstić information content (AvgIpc) is 2.52. The van der Waals surface area contributed by atoms with Crippen LogP contribution in [0.4, 0.5) is 0 Å². The molecule has 0 heterocycles. The van der Waals surface area contributed by atoms with E-state index in [9.17, 15) is 14.7 Å². The fourth-order valence-corrected chi connectivity index (χ4v) is 2.11. The van der Waals surface area contributed by atoms with E-state index in [1.807, 2.05) is 0 Å². The van der Waals surface area contributed by atoms with Gasteiger partial charge in [0.15, 0.2) is 0 Å². The fraction of sp³-hybridized carbons (Fsp3) is 0.833. The van der Waals surface area contributed by atoms with Crippen molar-refractivity contribution in [1.29, 1.82) is 0 Å². The van der Waals surface area contributed by atoms with Gasteiger partial charge in [-0.3, -0.25) is 4.79 Å². The molecule has 0 unspecified atom stereocenters. The zero-order valence-electron chi connectivity index (χ0n) is 10.5. The molecule has 1 aliphatic rings. The number of ether oxygens (including phenoxy) is 1. The van der Waals surface area contributed by atoms with Gasteiger partial charge in [0.25, 0.3) is 0 Å². The minimum atomic E-state index is -1.11. The summed E-state index contributed by atoms with van der Waals surface area (Å²) in [6, 6.07) is 0. The summed E-state index contributed by atoms with van der Waals surface area (Å²) in [4.78, 5) is 21.5. The second-order valence-electron chi connectivity index (χ2n) is 4.80. The zero-order chi connectivity index (χ0) is 13.4. The van der Waals surface area contributed by atoms with E-state index < -0.39 is 24.1 Å². The van der Waals surface area contributed by atoms with E-state index in [1.165, 1.54) is 0 Å². The molecule has 1 fully saturated rings. The number of rotatable bonds is 6. The van der Waals surface area contributed by atoms with Crippen molar-refractivity contribution < 1.29 is 24.5 Å². The molecule has 6 nitrogen and oxygen atoms in total. The van der Waals surface area contributed by atoms with Gasteiger partial charge in [0.1, 0.15) is 13.2 Å². The van der Waals surface area contributed by atoms with Crippen LogP contribution in [0.25, 0.3) is 0 Å². The van der Waals surface area contributed by atoms with E-state index in [-0.39, 0.29) is 13.2 Å². The third-order valence-corrected chi connectivity index (χ3v) is 3.11. The van der Waals surface area contributed by atoms with E-state index in [0.29, 0.717) is 12.8 Å². The first-order chi connectivity index (χ1) is 8.52. The molecule has 0 saturated heterocycles. The molecule has 0 bridgehead atoms. The van der Waals surface area contributed by atoms with E-state index in [4.69, 9.17) is 5.11 Å². The Kier molecular flexibility index (Phi) is 6.07. The maximum absolute atomic E-state index is 11.4. The number of amides is 1. The summed E-state index contributed by atoms with van der Waals surface area (Å²) in [5.74, 6) is -1.50. The van der Waals surface area contributed by atoms with Crippen LogP contribution in [0.3, 0.4) is 0 Å². The molecule has 0 radical (unpaired) electrons. The van der Waals surface area contributed by atoms with Crippen LogP contribution in [0.5, 0.6) is 0 Å². The second-order valence-corrected chi connectivity index (χ2v) is 4.80. The number of aliphatic hydroxyl groups is 1. The number of hydrogen-bond acceptors (Lipinski definition) is 4. The Balaban J connectivity index is 2.21. The highest BCUT2D eigenvalue weighted by Gasteiger charge is 2.28. The number of hydrogen-bond donors (Lipinski definition) is 3. The lowest BCUT2D eigenvalue weighted by atomic mass is 9.94. The van der Waals surface area contributed by atoms with Crippen molar-refractivity contribution in [3.8, 4) is 0 Å². The Hall–Kier alpha value is -1.14. The summed E-state index contributed by atoms with van der Waals surface area (Å²) in [5, 5.41) is 21.2. The molecule has 0 aliphatic heterocycles. The Bertz CT molecular complexity index is 284. The Morgan fingerprint density at radius 2 is 1.72 bits per heavy atom. The summed E-state index contributed by atoms with van der Waals surface area (Å²) < 4.78 is 4.66. The predicted octanol–water partition coefficient (Wildman–Crippen LogP) is 0.289. The summed E-state index contributed by atoms with van der Waals surface area (Å²) in [6.07, 6.45) is 5.59. The molecular formula is C12H21NO5. The third-order valence-electron chi connectivity index (χ3n) is 3.11. The molecule has 18 heavy (non-hydrogen) atoms. The molecule has 0 aromatic carbocycles. The molecule has 0 aromatic heterocycles.